The summed E-state index contributed by atoms with van der Waals surface area (Å²) >= 11 is 5.78. The Hall–Kier alpha value is -0.800. The number of anilines is 1. The van der Waals surface area contributed by atoms with E-state index >= 15 is 0 Å². The first-order valence-corrected chi connectivity index (χ1v) is 5.24. The van der Waals surface area contributed by atoms with E-state index in [0.717, 1.165) is 24.5 Å². The van der Waals surface area contributed by atoms with Gasteiger partial charge in [-0.25, -0.2) is 4.98 Å². The summed E-state index contributed by atoms with van der Waals surface area (Å²) in [6, 6.07) is 4.33. The number of rotatable bonds is 2. The summed E-state index contributed by atoms with van der Waals surface area (Å²) in [6.45, 7) is 4.09. The van der Waals surface area contributed by atoms with E-state index in [4.69, 9.17) is 11.6 Å². The third-order valence-corrected chi connectivity index (χ3v) is 2.68. The minimum atomic E-state index is 0.525. The highest BCUT2D eigenvalue weighted by atomic mass is 35.5. The Morgan fingerprint density at radius 3 is 3.07 bits per heavy atom. The van der Waals surface area contributed by atoms with E-state index in [2.05, 4.69) is 15.6 Å². The van der Waals surface area contributed by atoms with Crippen LogP contribution in [0.4, 0.5) is 5.69 Å². The van der Waals surface area contributed by atoms with Crippen LogP contribution in [0, 0.1) is 6.92 Å². The van der Waals surface area contributed by atoms with Gasteiger partial charge < -0.3 is 10.6 Å². The van der Waals surface area contributed by atoms with Crippen molar-refractivity contribution >= 4 is 17.3 Å². The molecule has 0 saturated carbocycles. The highest BCUT2D eigenvalue weighted by Gasteiger charge is 2.14. The summed E-state index contributed by atoms with van der Waals surface area (Å²) < 4.78 is 0. The lowest BCUT2D eigenvalue weighted by molar-refractivity contribution is 0.791. The van der Waals surface area contributed by atoms with Gasteiger partial charge in [0.1, 0.15) is 5.15 Å². The van der Waals surface area contributed by atoms with Gasteiger partial charge in [0.25, 0.3) is 0 Å². The van der Waals surface area contributed by atoms with Gasteiger partial charge in [-0.15, -0.1) is 0 Å². The number of hydrogen-bond donors (Lipinski definition) is 2. The lowest BCUT2D eigenvalue weighted by Crippen LogP contribution is -2.22. The van der Waals surface area contributed by atoms with Gasteiger partial charge in [0.15, 0.2) is 0 Å². The average Bonchev–Trinajstić information content (AvgIpc) is 2.62. The molecule has 0 spiro atoms. The maximum atomic E-state index is 5.78. The molecule has 2 rings (SSSR count). The van der Waals surface area contributed by atoms with Gasteiger partial charge in [0, 0.05) is 12.6 Å². The molecular formula is C10H14ClN3. The van der Waals surface area contributed by atoms with E-state index in [0.29, 0.717) is 11.2 Å². The number of aryl methyl sites for hydroxylation is 1. The van der Waals surface area contributed by atoms with Crippen molar-refractivity contribution in [3.63, 3.8) is 0 Å². The molecule has 0 aromatic carbocycles. The standard InChI is InChI=1S/C10H14ClN3/c1-7-9(2-3-10(11)13-7)14-8-4-5-12-6-8/h2-3,8,12,14H,4-6H2,1H3. The molecule has 1 aliphatic heterocycles. The van der Waals surface area contributed by atoms with E-state index in [1.54, 1.807) is 0 Å². The van der Waals surface area contributed by atoms with Crippen LogP contribution in [-0.2, 0) is 0 Å². The molecule has 1 aromatic heterocycles. The van der Waals surface area contributed by atoms with Crippen molar-refractivity contribution in [2.24, 2.45) is 0 Å². The zero-order valence-electron chi connectivity index (χ0n) is 8.18. The molecule has 0 aliphatic carbocycles. The molecule has 2 heterocycles. The van der Waals surface area contributed by atoms with Crippen LogP contribution in [0.1, 0.15) is 12.1 Å². The van der Waals surface area contributed by atoms with Crippen molar-refractivity contribution in [1.82, 2.24) is 10.3 Å². The second-order valence-corrected chi connectivity index (χ2v) is 3.99. The molecule has 1 saturated heterocycles. The number of halogens is 1. The molecule has 1 fully saturated rings. The summed E-state index contributed by atoms with van der Waals surface area (Å²) in [7, 11) is 0. The minimum Gasteiger partial charge on any atom is -0.380 e. The van der Waals surface area contributed by atoms with Crippen LogP contribution >= 0.6 is 11.6 Å². The van der Waals surface area contributed by atoms with Crippen LogP contribution in [-0.4, -0.2) is 24.1 Å². The molecule has 1 unspecified atom stereocenters. The maximum Gasteiger partial charge on any atom is 0.129 e. The van der Waals surface area contributed by atoms with Crippen molar-refractivity contribution < 1.29 is 0 Å². The Morgan fingerprint density at radius 2 is 2.43 bits per heavy atom. The highest BCUT2D eigenvalue weighted by molar-refractivity contribution is 6.29. The summed E-state index contributed by atoms with van der Waals surface area (Å²) in [5, 5.41) is 7.32. The smallest absolute Gasteiger partial charge is 0.129 e. The fraction of sp³-hybridized carbons (Fsp3) is 0.500. The Labute approximate surface area is 88.9 Å². The lowest BCUT2D eigenvalue weighted by atomic mass is 10.2. The van der Waals surface area contributed by atoms with Crippen LogP contribution in [0.5, 0.6) is 0 Å². The fourth-order valence-electron chi connectivity index (χ4n) is 1.68. The number of hydrogen-bond acceptors (Lipinski definition) is 3. The summed E-state index contributed by atoms with van der Waals surface area (Å²) in [5.41, 5.74) is 2.05. The van der Waals surface area contributed by atoms with Crippen LogP contribution in [0.3, 0.4) is 0 Å². The van der Waals surface area contributed by atoms with Gasteiger partial charge in [-0.3, -0.25) is 0 Å². The van der Waals surface area contributed by atoms with Crippen LogP contribution in [0.15, 0.2) is 12.1 Å². The lowest BCUT2D eigenvalue weighted by Gasteiger charge is -2.14. The number of aromatic nitrogens is 1. The number of pyridine rings is 1. The van der Waals surface area contributed by atoms with Gasteiger partial charge in [-0.2, -0.15) is 0 Å². The fourth-order valence-corrected chi connectivity index (χ4v) is 1.87. The predicted octanol–water partition coefficient (Wildman–Crippen LogP) is 1.82. The normalized spacial score (nSPS) is 21.1. The first kappa shape index (κ1) is 9.74. The van der Waals surface area contributed by atoms with Gasteiger partial charge in [0.05, 0.1) is 11.4 Å². The van der Waals surface area contributed by atoms with Crippen molar-refractivity contribution in [3.8, 4) is 0 Å². The Kier molecular flexibility index (Phi) is 2.89. The first-order valence-electron chi connectivity index (χ1n) is 4.86. The zero-order chi connectivity index (χ0) is 9.97. The molecule has 76 valence electrons. The van der Waals surface area contributed by atoms with Crippen LogP contribution in [0.2, 0.25) is 5.15 Å². The van der Waals surface area contributed by atoms with Crippen molar-refractivity contribution in [2.75, 3.05) is 18.4 Å². The molecule has 1 aliphatic rings. The predicted molar refractivity (Wildman–Crippen MR) is 58.9 cm³/mol. The Balaban J connectivity index is 2.08. The van der Waals surface area contributed by atoms with E-state index in [1.165, 1.54) is 6.42 Å². The minimum absolute atomic E-state index is 0.525. The average molecular weight is 212 g/mol. The summed E-state index contributed by atoms with van der Waals surface area (Å²) in [5.74, 6) is 0. The van der Waals surface area contributed by atoms with Gasteiger partial charge >= 0.3 is 0 Å². The van der Waals surface area contributed by atoms with E-state index in [9.17, 15) is 0 Å². The number of nitrogens with zero attached hydrogens (tertiary/aromatic N) is 1. The monoisotopic (exact) mass is 211 g/mol. The summed E-state index contributed by atoms with van der Waals surface area (Å²) in [4.78, 5) is 4.20. The maximum absolute atomic E-state index is 5.78. The van der Waals surface area contributed by atoms with Crippen molar-refractivity contribution in [1.29, 1.82) is 0 Å². The molecule has 4 heteroatoms. The molecule has 0 amide bonds. The molecule has 1 atom stereocenters. The van der Waals surface area contributed by atoms with Crippen LogP contribution in [0.25, 0.3) is 0 Å². The molecule has 0 bridgehead atoms. The van der Waals surface area contributed by atoms with E-state index < -0.39 is 0 Å². The Bertz CT molecular complexity index is 321. The van der Waals surface area contributed by atoms with E-state index in [1.807, 2.05) is 19.1 Å². The molecule has 0 radical (unpaired) electrons. The van der Waals surface area contributed by atoms with Gasteiger partial charge in [-0.1, -0.05) is 11.6 Å². The van der Waals surface area contributed by atoms with Gasteiger partial charge in [0.2, 0.25) is 0 Å². The molecule has 2 N–H and O–H groups in total. The second-order valence-electron chi connectivity index (χ2n) is 3.60. The number of nitrogens with one attached hydrogen (secondary N) is 2. The third kappa shape index (κ3) is 2.16. The zero-order valence-corrected chi connectivity index (χ0v) is 8.93. The largest absolute Gasteiger partial charge is 0.380 e. The SMILES string of the molecule is Cc1nc(Cl)ccc1NC1CCNC1. The van der Waals surface area contributed by atoms with Gasteiger partial charge in [-0.05, 0) is 32.0 Å². The van der Waals surface area contributed by atoms with Crippen molar-refractivity contribution in [3.05, 3.63) is 23.0 Å². The first-order chi connectivity index (χ1) is 6.75. The molecule has 14 heavy (non-hydrogen) atoms. The third-order valence-electron chi connectivity index (χ3n) is 2.47. The van der Waals surface area contributed by atoms with Crippen molar-refractivity contribution in [2.45, 2.75) is 19.4 Å². The quantitative estimate of drug-likeness (QED) is 0.733. The summed E-state index contributed by atoms with van der Waals surface area (Å²) in [6.07, 6.45) is 1.17. The molecule has 1 aromatic rings. The highest BCUT2D eigenvalue weighted by Crippen LogP contribution is 2.17. The van der Waals surface area contributed by atoms with Crippen LogP contribution < -0.4 is 10.6 Å². The molecule has 3 nitrogen and oxygen atoms in total. The molecular weight excluding hydrogens is 198 g/mol. The topological polar surface area (TPSA) is 37.0 Å². The van der Waals surface area contributed by atoms with E-state index in [-0.39, 0.29) is 0 Å². The Morgan fingerprint density at radius 1 is 1.57 bits per heavy atom. The second kappa shape index (κ2) is 4.15.